The molecule has 1 fully saturated rings. The first-order valence-corrected chi connectivity index (χ1v) is 5.70. The molecule has 0 unspecified atom stereocenters. The second-order valence-corrected chi connectivity index (χ2v) is 5.77. The minimum atomic E-state index is -3.26. The number of amides is 1. The summed E-state index contributed by atoms with van der Waals surface area (Å²) >= 11 is 0. The van der Waals surface area contributed by atoms with Gasteiger partial charge < -0.3 is 5.32 Å². The zero-order valence-corrected chi connectivity index (χ0v) is 8.60. The van der Waals surface area contributed by atoms with Crippen LogP contribution in [0, 0.1) is 0 Å². The summed E-state index contributed by atoms with van der Waals surface area (Å²) in [5, 5.41) is 2.12. The lowest BCUT2D eigenvalue weighted by Gasteiger charge is -2.27. The average Bonchev–Trinajstić information content (AvgIpc) is 2.04. The predicted molar refractivity (Wildman–Crippen MR) is 48.6 cm³/mol. The van der Waals surface area contributed by atoms with Crippen molar-refractivity contribution in [3.05, 3.63) is 0 Å². The Labute approximate surface area is 78.2 Å². The van der Waals surface area contributed by atoms with Crippen molar-refractivity contribution < 1.29 is 13.2 Å². The highest BCUT2D eigenvalue weighted by atomic mass is 32.2. The van der Waals surface area contributed by atoms with E-state index in [9.17, 15) is 13.2 Å². The van der Waals surface area contributed by atoms with Crippen LogP contribution in [0.5, 0.6) is 0 Å². The van der Waals surface area contributed by atoms with E-state index in [1.165, 1.54) is 4.31 Å². The van der Waals surface area contributed by atoms with Crippen molar-refractivity contribution in [1.82, 2.24) is 9.62 Å². The first kappa shape index (κ1) is 10.5. The summed E-state index contributed by atoms with van der Waals surface area (Å²) in [5.41, 5.74) is 0. The van der Waals surface area contributed by atoms with Crippen LogP contribution in [0.1, 0.15) is 13.8 Å². The average molecular weight is 206 g/mol. The molecule has 0 atom stereocenters. The maximum absolute atomic E-state index is 11.6. The van der Waals surface area contributed by atoms with Gasteiger partial charge in [0, 0.05) is 13.1 Å². The fraction of sp³-hybridized carbons (Fsp3) is 0.857. The molecule has 0 radical (unpaired) electrons. The zero-order chi connectivity index (χ0) is 10.1. The highest BCUT2D eigenvalue weighted by Crippen LogP contribution is 2.09. The lowest BCUT2D eigenvalue weighted by molar-refractivity contribution is -0.122. The largest absolute Gasteiger partial charge is 0.354 e. The van der Waals surface area contributed by atoms with E-state index in [1.807, 2.05) is 0 Å². The smallest absolute Gasteiger partial charge is 0.235 e. The highest BCUT2D eigenvalue weighted by Gasteiger charge is 2.29. The first-order chi connectivity index (χ1) is 5.94. The molecule has 0 aromatic heterocycles. The summed E-state index contributed by atoms with van der Waals surface area (Å²) in [6, 6.07) is 0. The molecule has 1 heterocycles. The lowest BCUT2D eigenvalue weighted by atomic mass is 10.4. The third-order valence-electron chi connectivity index (χ3n) is 1.96. The summed E-state index contributed by atoms with van der Waals surface area (Å²) in [6.07, 6.45) is 0. The maximum atomic E-state index is 11.6. The van der Waals surface area contributed by atoms with E-state index in [2.05, 4.69) is 5.32 Å². The van der Waals surface area contributed by atoms with Gasteiger partial charge in [-0.25, -0.2) is 8.42 Å². The third kappa shape index (κ3) is 2.19. The van der Waals surface area contributed by atoms with Gasteiger partial charge in [0.15, 0.2) is 0 Å². The number of sulfonamides is 1. The molecule has 1 aliphatic heterocycles. The van der Waals surface area contributed by atoms with E-state index in [0.29, 0.717) is 13.1 Å². The fourth-order valence-corrected chi connectivity index (χ4v) is 2.37. The van der Waals surface area contributed by atoms with E-state index in [4.69, 9.17) is 0 Å². The van der Waals surface area contributed by atoms with Crippen molar-refractivity contribution in [3.63, 3.8) is 0 Å². The number of hydrogen-bond acceptors (Lipinski definition) is 3. The second kappa shape index (κ2) is 3.63. The minimum absolute atomic E-state index is 0.0412. The number of piperazine rings is 1. The van der Waals surface area contributed by atoms with Gasteiger partial charge in [-0.3, -0.25) is 4.79 Å². The van der Waals surface area contributed by atoms with Crippen LogP contribution in [0.4, 0.5) is 0 Å². The van der Waals surface area contributed by atoms with Crippen molar-refractivity contribution in [1.29, 1.82) is 0 Å². The van der Waals surface area contributed by atoms with Crippen LogP contribution in [-0.4, -0.2) is 43.5 Å². The Bertz CT molecular complexity index is 297. The first-order valence-electron chi connectivity index (χ1n) is 4.20. The number of nitrogens with zero attached hydrogens (tertiary/aromatic N) is 1. The molecule has 1 rings (SSSR count). The topological polar surface area (TPSA) is 66.5 Å². The summed E-state index contributed by atoms with van der Waals surface area (Å²) < 4.78 is 24.4. The van der Waals surface area contributed by atoms with E-state index in [0.717, 1.165) is 0 Å². The molecule has 0 aromatic rings. The molecule has 1 N–H and O–H groups in total. The summed E-state index contributed by atoms with van der Waals surface area (Å²) in [6.45, 7) is 3.97. The van der Waals surface area contributed by atoms with Crippen LogP contribution in [0.25, 0.3) is 0 Å². The van der Waals surface area contributed by atoms with Gasteiger partial charge in [0.25, 0.3) is 0 Å². The van der Waals surface area contributed by atoms with Gasteiger partial charge in [-0.05, 0) is 13.8 Å². The number of rotatable bonds is 2. The lowest BCUT2D eigenvalue weighted by Crippen LogP contribution is -2.51. The van der Waals surface area contributed by atoms with Gasteiger partial charge >= 0.3 is 0 Å². The molecular weight excluding hydrogens is 192 g/mol. The Kier molecular flexibility index (Phi) is 2.92. The van der Waals surface area contributed by atoms with Gasteiger partial charge in [-0.15, -0.1) is 0 Å². The Morgan fingerprint density at radius 2 is 2.08 bits per heavy atom. The number of carbonyl (C=O) groups excluding carboxylic acids is 1. The van der Waals surface area contributed by atoms with Gasteiger partial charge in [0.05, 0.1) is 11.8 Å². The van der Waals surface area contributed by atoms with Crippen LogP contribution in [-0.2, 0) is 14.8 Å². The normalized spacial score (nSPS) is 20.4. The summed E-state index contributed by atoms with van der Waals surface area (Å²) in [5.74, 6) is -0.226. The Morgan fingerprint density at radius 1 is 1.46 bits per heavy atom. The molecule has 5 nitrogen and oxygen atoms in total. The van der Waals surface area contributed by atoms with E-state index >= 15 is 0 Å². The van der Waals surface area contributed by atoms with Gasteiger partial charge in [-0.1, -0.05) is 0 Å². The van der Waals surface area contributed by atoms with E-state index in [1.54, 1.807) is 13.8 Å². The van der Waals surface area contributed by atoms with Gasteiger partial charge in [-0.2, -0.15) is 4.31 Å². The number of hydrogen-bond donors (Lipinski definition) is 1. The molecule has 0 aliphatic carbocycles. The Morgan fingerprint density at radius 3 is 2.54 bits per heavy atom. The molecule has 0 aromatic carbocycles. The molecule has 1 aliphatic rings. The monoisotopic (exact) mass is 206 g/mol. The molecule has 1 amide bonds. The van der Waals surface area contributed by atoms with E-state index < -0.39 is 15.3 Å². The van der Waals surface area contributed by atoms with Crippen molar-refractivity contribution in [2.45, 2.75) is 19.1 Å². The fourth-order valence-electron chi connectivity index (χ4n) is 1.13. The van der Waals surface area contributed by atoms with Gasteiger partial charge in [0.2, 0.25) is 15.9 Å². The molecule has 1 saturated heterocycles. The molecule has 0 saturated carbocycles. The van der Waals surface area contributed by atoms with Crippen molar-refractivity contribution in [2.75, 3.05) is 19.6 Å². The Balaban J connectivity index is 2.77. The standard InChI is InChI=1S/C7H14N2O3S/c1-6(2)13(11,12)9-4-3-8-7(10)5-9/h6H,3-5H2,1-2H3,(H,8,10). The molecule has 6 heteroatoms. The zero-order valence-electron chi connectivity index (χ0n) is 7.78. The van der Waals surface area contributed by atoms with Crippen molar-refractivity contribution in [2.24, 2.45) is 0 Å². The van der Waals surface area contributed by atoms with Crippen molar-refractivity contribution in [3.8, 4) is 0 Å². The number of carbonyl (C=O) groups is 1. The summed E-state index contributed by atoms with van der Waals surface area (Å²) in [7, 11) is -3.26. The number of nitrogens with one attached hydrogen (secondary N) is 1. The summed E-state index contributed by atoms with van der Waals surface area (Å²) in [4.78, 5) is 10.9. The van der Waals surface area contributed by atoms with Crippen LogP contribution in [0.2, 0.25) is 0 Å². The molecular formula is C7H14N2O3S. The van der Waals surface area contributed by atoms with Crippen LogP contribution in [0.15, 0.2) is 0 Å². The SMILES string of the molecule is CC(C)S(=O)(=O)N1CCNC(=O)C1. The molecule has 76 valence electrons. The van der Waals surface area contributed by atoms with Crippen LogP contribution < -0.4 is 5.32 Å². The van der Waals surface area contributed by atoms with Crippen LogP contribution in [0.3, 0.4) is 0 Å². The van der Waals surface area contributed by atoms with Crippen LogP contribution >= 0.6 is 0 Å². The molecule has 0 spiro atoms. The van der Waals surface area contributed by atoms with E-state index in [-0.39, 0.29) is 12.5 Å². The van der Waals surface area contributed by atoms with Crippen molar-refractivity contribution >= 4 is 15.9 Å². The molecule has 13 heavy (non-hydrogen) atoms. The molecule has 0 bridgehead atoms. The van der Waals surface area contributed by atoms with Gasteiger partial charge in [0.1, 0.15) is 0 Å². The Hall–Kier alpha value is -0.620. The minimum Gasteiger partial charge on any atom is -0.354 e. The predicted octanol–water partition coefficient (Wildman–Crippen LogP) is -0.844. The maximum Gasteiger partial charge on any atom is 0.235 e. The second-order valence-electron chi connectivity index (χ2n) is 3.28. The highest BCUT2D eigenvalue weighted by molar-refractivity contribution is 7.89. The quantitative estimate of drug-likeness (QED) is 0.640. The third-order valence-corrected chi connectivity index (χ3v) is 4.18.